The molecule has 4 aromatic rings. The number of hydrogen-bond donors (Lipinski definition) is 1. The van der Waals surface area contributed by atoms with Gasteiger partial charge in [-0.05, 0) is 59.9 Å². The van der Waals surface area contributed by atoms with Crippen LogP contribution in [0.4, 0.5) is 5.69 Å². The van der Waals surface area contributed by atoms with E-state index in [9.17, 15) is 9.59 Å². The molecule has 1 aliphatic rings. The maximum absolute atomic E-state index is 12.8. The zero-order chi connectivity index (χ0) is 20.7. The van der Waals surface area contributed by atoms with Crippen LogP contribution >= 0.6 is 11.3 Å². The highest BCUT2D eigenvalue weighted by Crippen LogP contribution is 2.39. The summed E-state index contributed by atoms with van der Waals surface area (Å²) in [4.78, 5) is 31.3. The fourth-order valence-electron chi connectivity index (χ4n) is 3.79. The molecular weight excluding hydrogens is 394 g/mol. The van der Waals surface area contributed by atoms with Crippen molar-refractivity contribution in [3.8, 4) is 10.4 Å². The standard InChI is InChI=1S/C24H19N3O2S/c1-27-13-12-25-23(27)21(28)16-8-10-18(11-9-16)26-24(29)20-14-17-7-6-15-4-2-3-5-19(15)22(17)30-20/h2-5,8-14H,6-7H2,1H3,(H,26,29). The number of aryl methyl sites for hydroxylation is 3. The van der Waals surface area contributed by atoms with Gasteiger partial charge in [-0.3, -0.25) is 9.59 Å². The Kier molecular flexibility index (Phi) is 4.56. The summed E-state index contributed by atoms with van der Waals surface area (Å²) in [5.74, 6) is 0.108. The smallest absolute Gasteiger partial charge is 0.265 e. The van der Waals surface area contributed by atoms with E-state index in [1.54, 1.807) is 48.3 Å². The van der Waals surface area contributed by atoms with Crippen molar-refractivity contribution in [3.05, 3.63) is 94.4 Å². The second kappa shape index (κ2) is 7.39. The number of hydrogen-bond acceptors (Lipinski definition) is 4. The Morgan fingerprint density at radius 1 is 1.03 bits per heavy atom. The maximum atomic E-state index is 12.8. The Hall–Kier alpha value is -3.51. The zero-order valence-electron chi connectivity index (χ0n) is 16.4. The summed E-state index contributed by atoms with van der Waals surface area (Å²) in [6, 6.07) is 17.3. The number of imidazole rings is 1. The van der Waals surface area contributed by atoms with Gasteiger partial charge in [0, 0.05) is 35.6 Å². The average Bonchev–Trinajstić information content (AvgIpc) is 3.40. The molecule has 1 N–H and O–H groups in total. The van der Waals surface area contributed by atoms with Gasteiger partial charge in [-0.25, -0.2) is 4.98 Å². The molecule has 148 valence electrons. The third-order valence-electron chi connectivity index (χ3n) is 5.39. The van der Waals surface area contributed by atoms with Gasteiger partial charge in [-0.15, -0.1) is 11.3 Å². The first-order chi connectivity index (χ1) is 14.6. The predicted octanol–water partition coefficient (Wildman–Crippen LogP) is 4.73. The lowest BCUT2D eigenvalue weighted by Crippen LogP contribution is -2.11. The van der Waals surface area contributed by atoms with Crippen LogP contribution in [-0.2, 0) is 19.9 Å². The Bertz CT molecular complexity index is 1270. The number of benzene rings is 2. The summed E-state index contributed by atoms with van der Waals surface area (Å²) in [5, 5.41) is 2.94. The first-order valence-corrected chi connectivity index (χ1v) is 10.6. The Labute approximate surface area is 178 Å². The highest BCUT2D eigenvalue weighted by atomic mass is 32.1. The Morgan fingerprint density at radius 3 is 2.57 bits per heavy atom. The van der Waals surface area contributed by atoms with Gasteiger partial charge in [0.15, 0.2) is 5.82 Å². The minimum atomic E-state index is -0.148. The van der Waals surface area contributed by atoms with Crippen molar-refractivity contribution in [2.24, 2.45) is 7.05 Å². The van der Waals surface area contributed by atoms with E-state index in [4.69, 9.17) is 0 Å². The molecule has 0 atom stereocenters. The number of carbonyl (C=O) groups excluding carboxylic acids is 2. The molecule has 0 aliphatic heterocycles. The van der Waals surface area contributed by atoms with Gasteiger partial charge >= 0.3 is 0 Å². The van der Waals surface area contributed by atoms with E-state index in [2.05, 4.69) is 28.5 Å². The molecule has 0 radical (unpaired) electrons. The van der Waals surface area contributed by atoms with Crippen molar-refractivity contribution >= 4 is 28.7 Å². The number of fused-ring (bicyclic) bond motifs is 3. The number of anilines is 1. The minimum Gasteiger partial charge on any atom is -0.331 e. The van der Waals surface area contributed by atoms with Crippen LogP contribution in [0, 0.1) is 0 Å². The lowest BCUT2D eigenvalue weighted by molar-refractivity contribution is 0.102. The van der Waals surface area contributed by atoms with Crippen LogP contribution in [0.15, 0.2) is 67.0 Å². The van der Waals surface area contributed by atoms with Crippen LogP contribution in [-0.4, -0.2) is 21.2 Å². The summed E-state index contributed by atoms with van der Waals surface area (Å²) < 4.78 is 1.69. The fraction of sp³-hybridized carbons (Fsp3) is 0.125. The molecule has 5 nitrogen and oxygen atoms in total. The van der Waals surface area contributed by atoms with Gasteiger partial charge in [-0.1, -0.05) is 24.3 Å². The van der Waals surface area contributed by atoms with Gasteiger partial charge in [0.1, 0.15) is 0 Å². The fourth-order valence-corrected chi connectivity index (χ4v) is 4.96. The van der Waals surface area contributed by atoms with Crippen LogP contribution in [0.1, 0.15) is 37.0 Å². The van der Waals surface area contributed by atoms with Crippen LogP contribution < -0.4 is 5.32 Å². The van der Waals surface area contributed by atoms with Crippen molar-refractivity contribution in [2.45, 2.75) is 12.8 Å². The molecule has 0 fully saturated rings. The average molecular weight is 414 g/mol. The van der Waals surface area contributed by atoms with E-state index in [0.29, 0.717) is 22.0 Å². The van der Waals surface area contributed by atoms with Crippen LogP contribution in [0.5, 0.6) is 0 Å². The molecule has 0 bridgehead atoms. The first-order valence-electron chi connectivity index (χ1n) is 9.74. The number of nitrogens with zero attached hydrogens (tertiary/aromatic N) is 2. The van der Waals surface area contributed by atoms with Crippen molar-refractivity contribution in [1.82, 2.24) is 9.55 Å². The predicted molar refractivity (Wildman–Crippen MR) is 118 cm³/mol. The minimum absolute atomic E-state index is 0.130. The van der Waals surface area contributed by atoms with E-state index in [1.165, 1.54) is 32.9 Å². The lowest BCUT2D eigenvalue weighted by atomic mass is 9.91. The summed E-state index contributed by atoms with van der Waals surface area (Å²) in [5.41, 5.74) is 5.00. The highest BCUT2D eigenvalue weighted by Gasteiger charge is 2.21. The Morgan fingerprint density at radius 2 is 1.80 bits per heavy atom. The van der Waals surface area contributed by atoms with Crippen molar-refractivity contribution in [2.75, 3.05) is 5.32 Å². The van der Waals surface area contributed by atoms with Gasteiger partial charge in [0.25, 0.3) is 5.91 Å². The molecule has 1 aliphatic carbocycles. The SMILES string of the molecule is Cn1ccnc1C(=O)c1ccc(NC(=O)c2cc3c(s2)-c2ccccc2CC3)cc1. The zero-order valence-corrected chi connectivity index (χ0v) is 17.2. The molecule has 1 amide bonds. The number of nitrogens with one attached hydrogen (secondary N) is 1. The molecule has 30 heavy (non-hydrogen) atoms. The second-order valence-corrected chi connectivity index (χ2v) is 8.40. The highest BCUT2D eigenvalue weighted by molar-refractivity contribution is 7.17. The van der Waals surface area contributed by atoms with Gasteiger partial charge in [0.2, 0.25) is 5.78 Å². The van der Waals surface area contributed by atoms with Gasteiger partial charge in [-0.2, -0.15) is 0 Å². The van der Waals surface area contributed by atoms with Crippen molar-refractivity contribution < 1.29 is 9.59 Å². The molecule has 2 aromatic heterocycles. The van der Waals surface area contributed by atoms with Crippen LogP contribution in [0.25, 0.3) is 10.4 Å². The number of carbonyl (C=O) groups is 2. The number of amides is 1. The quantitative estimate of drug-likeness (QED) is 0.492. The molecule has 0 unspecified atom stereocenters. The van der Waals surface area contributed by atoms with E-state index < -0.39 is 0 Å². The maximum Gasteiger partial charge on any atom is 0.265 e. The normalized spacial score (nSPS) is 12.2. The van der Waals surface area contributed by atoms with E-state index in [0.717, 1.165) is 12.8 Å². The number of thiophene rings is 1. The summed E-state index contributed by atoms with van der Waals surface area (Å²) in [6.45, 7) is 0. The second-order valence-electron chi connectivity index (χ2n) is 7.34. The first kappa shape index (κ1) is 18.5. The third kappa shape index (κ3) is 3.25. The molecule has 0 spiro atoms. The van der Waals surface area contributed by atoms with E-state index in [1.807, 2.05) is 12.1 Å². The molecule has 0 saturated heterocycles. The summed E-state index contributed by atoms with van der Waals surface area (Å²) in [6.07, 6.45) is 5.30. The topological polar surface area (TPSA) is 64.0 Å². The Balaban J connectivity index is 1.34. The molecule has 2 aromatic carbocycles. The molecule has 2 heterocycles. The largest absolute Gasteiger partial charge is 0.331 e. The van der Waals surface area contributed by atoms with Crippen LogP contribution in [0.2, 0.25) is 0 Å². The van der Waals surface area contributed by atoms with Crippen molar-refractivity contribution in [1.29, 1.82) is 0 Å². The summed E-state index contributed by atoms with van der Waals surface area (Å²) in [7, 11) is 1.79. The van der Waals surface area contributed by atoms with Crippen LogP contribution in [0.3, 0.4) is 0 Å². The summed E-state index contributed by atoms with van der Waals surface area (Å²) >= 11 is 1.54. The molecule has 0 saturated carbocycles. The lowest BCUT2D eigenvalue weighted by Gasteiger charge is -2.15. The molecular formula is C24H19N3O2S. The monoisotopic (exact) mass is 413 g/mol. The molecule has 6 heteroatoms. The van der Waals surface area contributed by atoms with Gasteiger partial charge in [0.05, 0.1) is 4.88 Å². The van der Waals surface area contributed by atoms with Crippen molar-refractivity contribution in [3.63, 3.8) is 0 Å². The number of rotatable bonds is 4. The van der Waals surface area contributed by atoms with Gasteiger partial charge < -0.3 is 9.88 Å². The van der Waals surface area contributed by atoms with E-state index >= 15 is 0 Å². The third-order valence-corrected chi connectivity index (χ3v) is 6.60. The van der Waals surface area contributed by atoms with E-state index in [-0.39, 0.29) is 11.7 Å². The number of aromatic nitrogens is 2. The molecule has 5 rings (SSSR count). The number of ketones is 1.